The number of piperazine rings is 1. The van der Waals surface area contributed by atoms with Crippen LogP contribution in [0.5, 0.6) is 0 Å². The van der Waals surface area contributed by atoms with Gasteiger partial charge in [-0.3, -0.25) is 9.69 Å². The van der Waals surface area contributed by atoms with Gasteiger partial charge in [0.2, 0.25) is 0 Å². The molecule has 2 aliphatic heterocycles. The van der Waals surface area contributed by atoms with Crippen LogP contribution in [-0.4, -0.2) is 47.4 Å². The molecule has 0 unspecified atom stereocenters. The molecule has 1 aromatic carbocycles. The third-order valence-corrected chi connectivity index (χ3v) is 3.45. The minimum absolute atomic E-state index is 0.0870. The average Bonchev–Trinajstić information content (AvgIpc) is 2.66. The maximum Gasteiger partial charge on any atom is 0.327 e. The highest BCUT2D eigenvalue weighted by Gasteiger charge is 2.45. The molecule has 3 amide bonds. The van der Waals surface area contributed by atoms with E-state index in [4.69, 9.17) is 0 Å². The number of fused-ring (bicyclic) bond motifs is 1. The van der Waals surface area contributed by atoms with Gasteiger partial charge in [0.15, 0.2) is 0 Å². The van der Waals surface area contributed by atoms with Gasteiger partial charge in [0.1, 0.15) is 6.04 Å². The summed E-state index contributed by atoms with van der Waals surface area (Å²) < 4.78 is 0. The molecule has 2 aliphatic rings. The molecule has 1 N–H and O–H groups in total. The van der Waals surface area contributed by atoms with E-state index in [2.05, 4.69) is 5.32 Å². The van der Waals surface area contributed by atoms with Gasteiger partial charge in [-0.1, -0.05) is 30.3 Å². The fourth-order valence-electron chi connectivity index (χ4n) is 2.49. The van der Waals surface area contributed by atoms with Gasteiger partial charge in [-0.15, -0.1) is 0 Å². The van der Waals surface area contributed by atoms with Crippen LogP contribution in [-0.2, 0) is 11.3 Å². The lowest BCUT2D eigenvalue weighted by atomic mass is 10.2. The summed E-state index contributed by atoms with van der Waals surface area (Å²) in [6, 6.07) is 9.13. The maximum absolute atomic E-state index is 12.2. The van der Waals surface area contributed by atoms with E-state index in [9.17, 15) is 9.59 Å². The summed E-state index contributed by atoms with van der Waals surface area (Å²) in [6.45, 7) is 2.30. The number of imide groups is 1. The normalized spacial score (nSPS) is 23.4. The number of hydrogen-bond donors (Lipinski definition) is 1. The van der Waals surface area contributed by atoms with Crippen molar-refractivity contribution in [1.29, 1.82) is 0 Å². The second kappa shape index (κ2) is 4.42. The van der Waals surface area contributed by atoms with E-state index in [0.717, 1.165) is 12.1 Å². The molecular formula is C13H15N3O2. The van der Waals surface area contributed by atoms with Crippen LogP contribution in [0.25, 0.3) is 0 Å². The first-order valence-corrected chi connectivity index (χ1v) is 6.14. The minimum Gasteiger partial charge on any atom is -0.312 e. The lowest BCUT2D eigenvalue weighted by Crippen LogP contribution is -2.51. The molecule has 18 heavy (non-hydrogen) atoms. The van der Waals surface area contributed by atoms with E-state index >= 15 is 0 Å². The topological polar surface area (TPSA) is 52.7 Å². The molecule has 5 heteroatoms. The highest BCUT2D eigenvalue weighted by molar-refractivity contribution is 6.04. The molecule has 0 aliphatic carbocycles. The Morgan fingerprint density at radius 2 is 2.00 bits per heavy atom. The molecule has 0 bridgehead atoms. The molecule has 1 aromatic rings. The first kappa shape index (κ1) is 11.2. The number of rotatable bonds is 2. The molecule has 94 valence electrons. The van der Waals surface area contributed by atoms with Crippen LogP contribution in [0, 0.1) is 0 Å². The zero-order valence-electron chi connectivity index (χ0n) is 10.0. The minimum atomic E-state index is -0.310. The summed E-state index contributed by atoms with van der Waals surface area (Å²) >= 11 is 0. The average molecular weight is 245 g/mol. The van der Waals surface area contributed by atoms with E-state index in [-0.39, 0.29) is 18.0 Å². The molecule has 2 fully saturated rings. The van der Waals surface area contributed by atoms with Gasteiger partial charge in [-0.05, 0) is 5.56 Å². The van der Waals surface area contributed by atoms with Crippen LogP contribution < -0.4 is 5.32 Å². The van der Waals surface area contributed by atoms with Crippen molar-refractivity contribution in [1.82, 2.24) is 15.1 Å². The number of amides is 3. The van der Waals surface area contributed by atoms with Crippen molar-refractivity contribution < 1.29 is 9.59 Å². The third kappa shape index (κ3) is 1.76. The van der Waals surface area contributed by atoms with Crippen LogP contribution in [0.15, 0.2) is 30.3 Å². The second-order valence-corrected chi connectivity index (χ2v) is 4.61. The van der Waals surface area contributed by atoms with E-state index in [1.54, 1.807) is 4.90 Å². The Hall–Kier alpha value is -1.88. The SMILES string of the molecule is O=C1[C@H]2CNCCN2C(=O)N1Cc1ccccc1. The molecule has 0 saturated carbocycles. The van der Waals surface area contributed by atoms with Gasteiger partial charge >= 0.3 is 6.03 Å². The van der Waals surface area contributed by atoms with Crippen molar-refractivity contribution in [2.24, 2.45) is 0 Å². The highest BCUT2D eigenvalue weighted by atomic mass is 16.2. The van der Waals surface area contributed by atoms with Gasteiger partial charge < -0.3 is 10.2 Å². The number of benzene rings is 1. The summed E-state index contributed by atoms with van der Waals surface area (Å²) in [5.41, 5.74) is 0.979. The standard InChI is InChI=1S/C13H15N3O2/c17-12-11-8-14-6-7-15(11)13(18)16(12)9-10-4-2-1-3-5-10/h1-5,11,14H,6-9H2/t11-/m1/s1. The predicted molar refractivity (Wildman–Crippen MR) is 65.8 cm³/mol. The van der Waals surface area contributed by atoms with Gasteiger partial charge in [0.05, 0.1) is 6.54 Å². The Labute approximate surface area is 105 Å². The number of carbonyl (C=O) groups is 2. The zero-order chi connectivity index (χ0) is 12.5. The van der Waals surface area contributed by atoms with E-state index < -0.39 is 0 Å². The lowest BCUT2D eigenvalue weighted by Gasteiger charge is -2.26. The van der Waals surface area contributed by atoms with Crippen molar-refractivity contribution in [2.75, 3.05) is 19.6 Å². The van der Waals surface area contributed by atoms with Gasteiger partial charge in [-0.2, -0.15) is 0 Å². The first-order valence-electron chi connectivity index (χ1n) is 6.14. The van der Waals surface area contributed by atoms with Crippen LogP contribution in [0.4, 0.5) is 4.79 Å². The number of hydrogen-bond acceptors (Lipinski definition) is 3. The van der Waals surface area contributed by atoms with Crippen molar-refractivity contribution in [3.05, 3.63) is 35.9 Å². The fraction of sp³-hybridized carbons (Fsp3) is 0.385. The highest BCUT2D eigenvalue weighted by Crippen LogP contribution is 2.21. The molecule has 0 spiro atoms. The van der Waals surface area contributed by atoms with Gasteiger partial charge in [-0.25, -0.2) is 4.79 Å². The van der Waals surface area contributed by atoms with E-state index in [0.29, 0.717) is 19.6 Å². The number of urea groups is 1. The Morgan fingerprint density at radius 3 is 2.72 bits per heavy atom. The van der Waals surface area contributed by atoms with Crippen molar-refractivity contribution in [3.63, 3.8) is 0 Å². The Bertz CT molecular complexity index is 450. The molecule has 2 saturated heterocycles. The van der Waals surface area contributed by atoms with Gasteiger partial charge in [0.25, 0.3) is 5.91 Å². The first-order chi connectivity index (χ1) is 8.77. The quantitative estimate of drug-likeness (QED) is 0.768. The van der Waals surface area contributed by atoms with Crippen molar-refractivity contribution >= 4 is 11.9 Å². The van der Waals surface area contributed by atoms with E-state index in [1.165, 1.54) is 4.90 Å². The number of nitrogens with zero attached hydrogens (tertiary/aromatic N) is 2. The second-order valence-electron chi connectivity index (χ2n) is 4.61. The van der Waals surface area contributed by atoms with Crippen molar-refractivity contribution in [3.8, 4) is 0 Å². The molecule has 0 radical (unpaired) electrons. The number of carbonyl (C=O) groups excluding carboxylic acids is 2. The summed E-state index contributed by atoms with van der Waals surface area (Å²) in [5, 5.41) is 3.15. The summed E-state index contributed by atoms with van der Waals surface area (Å²) in [5.74, 6) is -0.0870. The Morgan fingerprint density at radius 1 is 1.22 bits per heavy atom. The summed E-state index contributed by atoms with van der Waals surface area (Å²) in [6.07, 6.45) is 0. The lowest BCUT2D eigenvalue weighted by molar-refractivity contribution is -0.128. The van der Waals surface area contributed by atoms with Crippen LogP contribution in [0.3, 0.4) is 0 Å². The summed E-state index contributed by atoms with van der Waals surface area (Å²) in [4.78, 5) is 27.4. The smallest absolute Gasteiger partial charge is 0.312 e. The Balaban J connectivity index is 1.80. The zero-order valence-corrected chi connectivity index (χ0v) is 10.0. The fourth-order valence-corrected chi connectivity index (χ4v) is 2.49. The predicted octanol–water partition coefficient (Wildman–Crippen LogP) is 0.423. The molecular weight excluding hydrogens is 230 g/mol. The third-order valence-electron chi connectivity index (χ3n) is 3.45. The van der Waals surface area contributed by atoms with Gasteiger partial charge in [0, 0.05) is 19.6 Å². The molecule has 5 nitrogen and oxygen atoms in total. The molecule has 2 heterocycles. The molecule has 3 rings (SSSR count). The summed E-state index contributed by atoms with van der Waals surface area (Å²) in [7, 11) is 0. The van der Waals surface area contributed by atoms with Crippen LogP contribution in [0.1, 0.15) is 5.56 Å². The van der Waals surface area contributed by atoms with Crippen molar-refractivity contribution in [2.45, 2.75) is 12.6 Å². The largest absolute Gasteiger partial charge is 0.327 e. The maximum atomic E-state index is 12.2. The van der Waals surface area contributed by atoms with Crippen LogP contribution in [0.2, 0.25) is 0 Å². The van der Waals surface area contributed by atoms with E-state index in [1.807, 2.05) is 30.3 Å². The van der Waals surface area contributed by atoms with Crippen LogP contribution >= 0.6 is 0 Å². The Kier molecular flexibility index (Phi) is 2.76. The molecule has 0 aromatic heterocycles. The number of nitrogens with one attached hydrogen (secondary N) is 1. The molecule has 1 atom stereocenters. The monoisotopic (exact) mass is 245 g/mol.